The number of urea groups is 1. The van der Waals surface area contributed by atoms with Crippen molar-refractivity contribution in [2.75, 3.05) is 19.6 Å². The molecule has 0 saturated carbocycles. The molecule has 4 nitrogen and oxygen atoms in total. The summed E-state index contributed by atoms with van der Waals surface area (Å²) in [5.41, 5.74) is 3.48. The van der Waals surface area contributed by atoms with Crippen LogP contribution in [0.3, 0.4) is 0 Å². The van der Waals surface area contributed by atoms with E-state index in [4.69, 9.17) is 0 Å². The van der Waals surface area contributed by atoms with E-state index in [0.29, 0.717) is 5.92 Å². The third kappa shape index (κ3) is 2.52. The van der Waals surface area contributed by atoms with Gasteiger partial charge in [0.15, 0.2) is 0 Å². The van der Waals surface area contributed by atoms with E-state index in [1.54, 1.807) is 0 Å². The number of piperidine rings is 2. The van der Waals surface area contributed by atoms with Crippen molar-refractivity contribution in [3.63, 3.8) is 0 Å². The molecule has 2 amide bonds. The van der Waals surface area contributed by atoms with Gasteiger partial charge in [0.1, 0.15) is 0 Å². The Hall–Kier alpha value is -2.02. The monoisotopic (exact) mass is 337 g/mol. The molecule has 1 aromatic rings. The second-order valence-electron chi connectivity index (χ2n) is 8.24. The molecule has 0 radical (unpaired) electrons. The summed E-state index contributed by atoms with van der Waals surface area (Å²) in [4.78, 5) is 17.3. The molecule has 1 aliphatic carbocycles. The molecule has 1 aromatic carbocycles. The Labute approximate surface area is 150 Å². The number of rotatable bonds is 0. The number of amides is 2. The van der Waals surface area contributed by atoms with Gasteiger partial charge in [-0.15, -0.1) is 0 Å². The first-order valence-electron chi connectivity index (χ1n) is 9.63. The van der Waals surface area contributed by atoms with Crippen molar-refractivity contribution in [2.24, 2.45) is 5.92 Å². The number of carbonyl (C=O) groups is 1. The lowest BCUT2D eigenvalue weighted by Gasteiger charge is -2.55. The van der Waals surface area contributed by atoms with Crippen molar-refractivity contribution in [1.82, 2.24) is 9.80 Å². The van der Waals surface area contributed by atoms with E-state index in [1.165, 1.54) is 17.5 Å². The van der Waals surface area contributed by atoms with E-state index in [9.17, 15) is 10.1 Å². The van der Waals surface area contributed by atoms with Crippen LogP contribution in [-0.4, -0.2) is 41.5 Å². The number of fused-ring (bicyclic) bond motifs is 4. The van der Waals surface area contributed by atoms with Gasteiger partial charge in [-0.1, -0.05) is 19.9 Å². The highest BCUT2D eigenvalue weighted by Gasteiger charge is 2.50. The second-order valence-corrected chi connectivity index (χ2v) is 8.24. The van der Waals surface area contributed by atoms with Gasteiger partial charge >= 0.3 is 6.03 Å². The Bertz CT molecular complexity index is 731. The lowest BCUT2D eigenvalue weighted by molar-refractivity contribution is 0.0385. The Balaban J connectivity index is 1.66. The normalized spacial score (nSPS) is 31.2. The maximum atomic E-state index is 13.1. The van der Waals surface area contributed by atoms with E-state index in [-0.39, 0.29) is 17.5 Å². The van der Waals surface area contributed by atoms with Crippen LogP contribution < -0.4 is 0 Å². The molecule has 2 aliphatic heterocycles. The van der Waals surface area contributed by atoms with Gasteiger partial charge < -0.3 is 9.80 Å². The van der Waals surface area contributed by atoms with Crippen LogP contribution in [0, 0.1) is 17.2 Å². The largest absolute Gasteiger partial charge is 0.325 e. The van der Waals surface area contributed by atoms with E-state index in [2.05, 4.69) is 35.8 Å². The summed E-state index contributed by atoms with van der Waals surface area (Å²) in [5, 5.41) is 9.25. The fraction of sp³-hybridized carbons (Fsp3) is 0.619. The van der Waals surface area contributed by atoms with Crippen molar-refractivity contribution in [3.05, 3.63) is 34.9 Å². The zero-order valence-corrected chi connectivity index (χ0v) is 15.3. The number of likely N-dealkylation sites (tertiary alicyclic amines) is 2. The minimum absolute atomic E-state index is 0.102. The second kappa shape index (κ2) is 6.05. The first-order valence-corrected chi connectivity index (χ1v) is 9.63. The van der Waals surface area contributed by atoms with Crippen LogP contribution in [0.1, 0.15) is 56.2 Å². The van der Waals surface area contributed by atoms with Crippen molar-refractivity contribution >= 4 is 6.03 Å². The van der Waals surface area contributed by atoms with E-state index in [1.807, 2.05) is 12.1 Å². The molecule has 2 fully saturated rings. The summed E-state index contributed by atoms with van der Waals surface area (Å²) in [7, 11) is 0. The van der Waals surface area contributed by atoms with Gasteiger partial charge in [0.25, 0.3) is 0 Å². The molecular weight excluding hydrogens is 310 g/mol. The van der Waals surface area contributed by atoms with E-state index in [0.717, 1.165) is 50.9 Å². The molecule has 0 spiro atoms. The number of benzene rings is 1. The fourth-order valence-corrected chi connectivity index (χ4v) is 5.23. The van der Waals surface area contributed by atoms with Crippen LogP contribution in [0.4, 0.5) is 4.79 Å². The quantitative estimate of drug-likeness (QED) is 0.725. The van der Waals surface area contributed by atoms with Crippen LogP contribution in [0.25, 0.3) is 0 Å². The molecule has 3 atom stereocenters. The summed E-state index contributed by atoms with van der Waals surface area (Å²) < 4.78 is 0. The standard InChI is InChI=1S/C21H27N3O/c1-15-19-13-17-12-16(14-22)6-7-18(17)21(15,2)8-11-24(19)20(25)23-9-4-3-5-10-23/h6-7,12,15,19H,3-5,8-11,13H2,1-2H3/t15-,19-,21-/m1/s1. The number of carbonyl (C=O) groups excluding carboxylic acids is 1. The van der Waals surface area contributed by atoms with Gasteiger partial charge in [-0.2, -0.15) is 5.26 Å². The Morgan fingerprint density at radius 1 is 1.24 bits per heavy atom. The average Bonchev–Trinajstić information content (AvgIpc) is 2.64. The van der Waals surface area contributed by atoms with Crippen molar-refractivity contribution in [3.8, 4) is 6.07 Å². The van der Waals surface area contributed by atoms with Crippen LogP contribution in [0.2, 0.25) is 0 Å². The van der Waals surface area contributed by atoms with Gasteiger partial charge in [0.05, 0.1) is 11.6 Å². The molecule has 4 heteroatoms. The maximum Gasteiger partial charge on any atom is 0.320 e. The first kappa shape index (κ1) is 16.4. The fourth-order valence-electron chi connectivity index (χ4n) is 5.23. The number of nitrogens with zero attached hydrogens (tertiary/aromatic N) is 3. The third-order valence-electron chi connectivity index (χ3n) is 7.01. The van der Waals surface area contributed by atoms with Gasteiger partial charge in [-0.25, -0.2) is 4.79 Å². The van der Waals surface area contributed by atoms with E-state index >= 15 is 0 Å². The summed E-state index contributed by atoms with van der Waals surface area (Å²) in [6, 6.07) is 8.89. The summed E-state index contributed by atoms with van der Waals surface area (Å²) >= 11 is 0. The van der Waals surface area contributed by atoms with Gasteiger partial charge in [0.2, 0.25) is 0 Å². The predicted molar refractivity (Wildman–Crippen MR) is 97.3 cm³/mol. The molecule has 2 bridgehead atoms. The smallest absolute Gasteiger partial charge is 0.320 e. The lowest BCUT2D eigenvalue weighted by Crippen LogP contribution is -2.62. The molecule has 2 heterocycles. The number of hydrogen-bond acceptors (Lipinski definition) is 2. The summed E-state index contributed by atoms with van der Waals surface area (Å²) in [6.07, 6.45) is 5.38. The predicted octanol–water partition coefficient (Wildman–Crippen LogP) is 3.69. The zero-order chi connectivity index (χ0) is 17.6. The minimum Gasteiger partial charge on any atom is -0.325 e. The Kier molecular flexibility index (Phi) is 3.98. The van der Waals surface area contributed by atoms with Crippen molar-refractivity contribution in [2.45, 2.75) is 57.4 Å². The SMILES string of the molecule is C[C@@H]1[C@H]2Cc3cc(C#N)ccc3[C@]1(C)CCN2C(=O)N1CCCCC1. The molecule has 0 unspecified atom stereocenters. The Morgan fingerprint density at radius 3 is 2.72 bits per heavy atom. The molecule has 3 aliphatic rings. The summed E-state index contributed by atoms with van der Waals surface area (Å²) in [5.74, 6) is 0.440. The molecule has 132 valence electrons. The van der Waals surface area contributed by atoms with Gasteiger partial charge in [-0.3, -0.25) is 0 Å². The highest BCUT2D eigenvalue weighted by Crippen LogP contribution is 2.48. The van der Waals surface area contributed by atoms with Crippen LogP contribution in [0.5, 0.6) is 0 Å². The molecule has 4 rings (SSSR count). The van der Waals surface area contributed by atoms with Crippen molar-refractivity contribution < 1.29 is 4.79 Å². The van der Waals surface area contributed by atoms with E-state index < -0.39 is 0 Å². The van der Waals surface area contributed by atoms with Gasteiger partial charge in [-0.05, 0) is 66.7 Å². The highest BCUT2D eigenvalue weighted by molar-refractivity contribution is 5.75. The lowest BCUT2D eigenvalue weighted by atomic mass is 9.59. The minimum atomic E-state index is 0.102. The molecule has 2 saturated heterocycles. The number of nitriles is 1. The maximum absolute atomic E-state index is 13.1. The Morgan fingerprint density at radius 2 is 2.00 bits per heavy atom. The van der Waals surface area contributed by atoms with Crippen LogP contribution in [-0.2, 0) is 11.8 Å². The average molecular weight is 337 g/mol. The molecular formula is C21H27N3O. The number of hydrogen-bond donors (Lipinski definition) is 0. The highest BCUT2D eigenvalue weighted by atomic mass is 16.2. The summed E-state index contributed by atoms with van der Waals surface area (Å²) in [6.45, 7) is 7.31. The third-order valence-corrected chi connectivity index (χ3v) is 7.01. The van der Waals surface area contributed by atoms with Crippen molar-refractivity contribution in [1.29, 1.82) is 5.26 Å². The van der Waals surface area contributed by atoms with Crippen LogP contribution >= 0.6 is 0 Å². The zero-order valence-electron chi connectivity index (χ0n) is 15.3. The van der Waals surface area contributed by atoms with Crippen LogP contribution in [0.15, 0.2) is 18.2 Å². The molecule has 25 heavy (non-hydrogen) atoms. The molecule has 0 N–H and O–H groups in total. The topological polar surface area (TPSA) is 47.3 Å². The van der Waals surface area contributed by atoms with Gasteiger partial charge in [0, 0.05) is 25.7 Å². The molecule has 0 aromatic heterocycles. The first-order chi connectivity index (χ1) is 12.0.